The first-order valence-electron chi connectivity index (χ1n) is 9.09. The molecule has 0 aromatic carbocycles. The van der Waals surface area contributed by atoms with E-state index in [1.165, 1.54) is 44.9 Å². The third kappa shape index (κ3) is 4.41. The van der Waals surface area contributed by atoms with Crippen LogP contribution < -0.4 is 0 Å². The molecule has 1 aliphatic heterocycles. The monoisotopic (exact) mass is 298 g/mol. The van der Waals surface area contributed by atoms with Crippen LogP contribution in [0.5, 0.6) is 0 Å². The Hall–Kier alpha value is -1.18. The van der Waals surface area contributed by atoms with Gasteiger partial charge in [-0.1, -0.05) is 34.9 Å². The molecule has 0 bridgehead atoms. The van der Waals surface area contributed by atoms with E-state index < -0.39 is 0 Å². The van der Waals surface area contributed by atoms with Crippen molar-refractivity contribution in [2.75, 3.05) is 6.54 Å². The lowest BCUT2D eigenvalue weighted by Crippen LogP contribution is -2.18. The van der Waals surface area contributed by atoms with Crippen molar-refractivity contribution >= 4 is 0 Å². The van der Waals surface area contributed by atoms with Crippen molar-refractivity contribution in [3.8, 4) is 0 Å². The van der Waals surface area contributed by atoms with Crippen molar-refractivity contribution < 1.29 is 0 Å². The van der Waals surface area contributed by atoms with E-state index in [0.29, 0.717) is 6.04 Å². The maximum absolute atomic E-state index is 4.53. The Morgan fingerprint density at radius 2 is 1.86 bits per heavy atom. The van der Waals surface area contributed by atoms with E-state index in [1.54, 1.807) is 16.7 Å². The summed E-state index contributed by atoms with van der Waals surface area (Å²) in [5.74, 6) is 1.59. The fourth-order valence-corrected chi connectivity index (χ4v) is 3.86. The largest absolute Gasteiger partial charge is 0.194 e. The Labute approximate surface area is 135 Å². The average molecular weight is 298 g/mol. The normalized spacial score (nSPS) is 40.5. The first kappa shape index (κ1) is 15.7. The van der Waals surface area contributed by atoms with Gasteiger partial charge in [-0.25, -0.2) is 0 Å². The van der Waals surface area contributed by atoms with Crippen molar-refractivity contribution in [3.63, 3.8) is 0 Å². The first-order chi connectivity index (χ1) is 10.7. The molecule has 1 heterocycles. The van der Waals surface area contributed by atoms with Crippen molar-refractivity contribution in [2.45, 2.75) is 71.3 Å². The van der Waals surface area contributed by atoms with Crippen LogP contribution in [0.15, 0.2) is 45.2 Å². The minimum absolute atomic E-state index is 0.504. The van der Waals surface area contributed by atoms with Gasteiger partial charge in [0.15, 0.2) is 0 Å². The maximum Gasteiger partial charge on any atom is 0.0755 e. The molecule has 1 saturated carbocycles. The molecule has 2 heteroatoms. The fourth-order valence-electron chi connectivity index (χ4n) is 3.86. The summed E-state index contributed by atoms with van der Waals surface area (Å²) in [5, 5.41) is 8.78. The average Bonchev–Trinajstić information content (AvgIpc) is 2.99. The lowest BCUT2D eigenvalue weighted by molar-refractivity contribution is 0.357. The zero-order valence-corrected chi connectivity index (χ0v) is 14.2. The van der Waals surface area contributed by atoms with Crippen LogP contribution in [0.25, 0.3) is 0 Å². The Morgan fingerprint density at radius 1 is 1.00 bits per heavy atom. The summed E-state index contributed by atoms with van der Waals surface area (Å²) in [6.07, 6.45) is 17.3. The molecule has 1 unspecified atom stereocenters. The highest BCUT2D eigenvalue weighted by Gasteiger charge is 2.34. The van der Waals surface area contributed by atoms with Gasteiger partial charge in [-0.15, -0.1) is 0 Å². The van der Waals surface area contributed by atoms with Crippen LogP contribution in [0, 0.1) is 11.8 Å². The molecule has 22 heavy (non-hydrogen) atoms. The highest BCUT2D eigenvalue weighted by Crippen LogP contribution is 2.45. The fraction of sp³-hybridized carbons (Fsp3) is 0.700. The molecule has 120 valence electrons. The highest BCUT2D eigenvalue weighted by atomic mass is 15.2. The summed E-state index contributed by atoms with van der Waals surface area (Å²) in [5.41, 5.74) is 4.81. The van der Waals surface area contributed by atoms with Gasteiger partial charge < -0.3 is 0 Å². The minimum atomic E-state index is 0.504. The summed E-state index contributed by atoms with van der Waals surface area (Å²) in [6, 6.07) is 0.504. The van der Waals surface area contributed by atoms with Gasteiger partial charge in [0, 0.05) is 0 Å². The van der Waals surface area contributed by atoms with Gasteiger partial charge in [0.05, 0.1) is 12.6 Å². The lowest BCUT2D eigenvalue weighted by atomic mass is 9.87. The van der Waals surface area contributed by atoms with E-state index in [2.05, 4.69) is 42.3 Å². The van der Waals surface area contributed by atoms with E-state index in [1.807, 2.05) is 0 Å². The number of azo groups is 1. The molecule has 0 radical (unpaired) electrons. The molecule has 2 aliphatic carbocycles. The molecule has 0 spiro atoms. The van der Waals surface area contributed by atoms with Gasteiger partial charge in [-0.3, -0.25) is 0 Å². The molecule has 0 saturated heterocycles. The van der Waals surface area contributed by atoms with Crippen molar-refractivity contribution in [3.05, 3.63) is 34.9 Å². The summed E-state index contributed by atoms with van der Waals surface area (Å²) in [4.78, 5) is 0. The second-order valence-corrected chi connectivity index (χ2v) is 7.43. The second-order valence-electron chi connectivity index (χ2n) is 7.43. The highest BCUT2D eigenvalue weighted by molar-refractivity contribution is 5.25. The van der Waals surface area contributed by atoms with Crippen LogP contribution in [-0.2, 0) is 0 Å². The molecule has 0 aromatic rings. The van der Waals surface area contributed by atoms with E-state index in [0.717, 1.165) is 24.8 Å². The standard InChI is InChI=1S/C20H30N2/c1-15-5-3-6-16(2)9-10-18(20-11-12-21-22-20)14-19-13-17(19)8-4-7-15/h6-8,18-20H,3-5,9-14H2,1-2H3/b15-7+,16-6+,17-8+/t18-,19+,20?/m0/s1. The number of hydrogen-bond donors (Lipinski definition) is 0. The Morgan fingerprint density at radius 3 is 2.68 bits per heavy atom. The van der Waals surface area contributed by atoms with E-state index in [-0.39, 0.29) is 0 Å². The van der Waals surface area contributed by atoms with Crippen molar-refractivity contribution in [1.29, 1.82) is 0 Å². The number of nitrogens with zero attached hydrogens (tertiary/aromatic N) is 2. The molecule has 0 amide bonds. The summed E-state index contributed by atoms with van der Waals surface area (Å²) in [7, 11) is 0. The van der Waals surface area contributed by atoms with E-state index in [4.69, 9.17) is 0 Å². The summed E-state index contributed by atoms with van der Waals surface area (Å²) in [6.45, 7) is 5.53. The zero-order chi connectivity index (χ0) is 15.4. The zero-order valence-electron chi connectivity index (χ0n) is 14.2. The maximum atomic E-state index is 4.53. The van der Waals surface area contributed by atoms with Gasteiger partial charge in [-0.2, -0.15) is 10.2 Å². The predicted octanol–water partition coefficient (Wildman–Crippen LogP) is 6.02. The Kier molecular flexibility index (Phi) is 5.28. The van der Waals surface area contributed by atoms with Gasteiger partial charge in [0.25, 0.3) is 0 Å². The van der Waals surface area contributed by atoms with E-state index in [9.17, 15) is 0 Å². The number of hydrogen-bond acceptors (Lipinski definition) is 2. The van der Waals surface area contributed by atoms with Crippen LogP contribution >= 0.6 is 0 Å². The van der Waals surface area contributed by atoms with Crippen LogP contribution in [0.4, 0.5) is 0 Å². The third-order valence-corrected chi connectivity index (χ3v) is 5.52. The molecule has 3 aliphatic rings. The smallest absolute Gasteiger partial charge is 0.0755 e. The Bertz CT molecular complexity index is 510. The van der Waals surface area contributed by atoms with Gasteiger partial charge in [0.2, 0.25) is 0 Å². The van der Waals surface area contributed by atoms with Crippen LogP contribution in [0.3, 0.4) is 0 Å². The third-order valence-electron chi connectivity index (χ3n) is 5.52. The van der Waals surface area contributed by atoms with E-state index >= 15 is 0 Å². The summed E-state index contributed by atoms with van der Waals surface area (Å²) < 4.78 is 0. The molecule has 2 nitrogen and oxygen atoms in total. The summed E-state index contributed by atoms with van der Waals surface area (Å²) >= 11 is 0. The quantitative estimate of drug-likeness (QED) is 0.529. The van der Waals surface area contributed by atoms with Crippen LogP contribution in [0.2, 0.25) is 0 Å². The molecule has 3 atom stereocenters. The number of rotatable bonds is 1. The van der Waals surface area contributed by atoms with Gasteiger partial charge >= 0.3 is 0 Å². The SMILES string of the molecule is C/C1=C\C/C=C2\C[C@@H]2C[C@@H](C2CCN=N2)CC/C(C)=C/CC1. The van der Waals surface area contributed by atoms with Gasteiger partial charge in [0.1, 0.15) is 0 Å². The predicted molar refractivity (Wildman–Crippen MR) is 93.0 cm³/mol. The van der Waals surface area contributed by atoms with Crippen molar-refractivity contribution in [2.24, 2.45) is 22.1 Å². The molecular weight excluding hydrogens is 268 g/mol. The minimum Gasteiger partial charge on any atom is -0.194 e. The lowest BCUT2D eigenvalue weighted by Gasteiger charge is -2.20. The molecular formula is C20H30N2. The second kappa shape index (κ2) is 7.39. The first-order valence-corrected chi connectivity index (χ1v) is 9.09. The Balaban J connectivity index is 1.69. The van der Waals surface area contributed by atoms with Crippen LogP contribution in [-0.4, -0.2) is 12.6 Å². The molecule has 3 rings (SSSR count). The number of allylic oxidation sites excluding steroid dienone is 6. The van der Waals surface area contributed by atoms with Crippen molar-refractivity contribution in [1.82, 2.24) is 0 Å². The van der Waals surface area contributed by atoms with Crippen LogP contribution in [0.1, 0.15) is 65.2 Å². The van der Waals surface area contributed by atoms with Gasteiger partial charge in [-0.05, 0) is 77.0 Å². The molecule has 0 N–H and O–H groups in total. The number of fused-ring (bicyclic) bond motifs is 1. The topological polar surface area (TPSA) is 24.7 Å². The molecule has 1 fully saturated rings. The molecule has 0 aromatic heterocycles.